The van der Waals surface area contributed by atoms with Gasteiger partial charge in [0, 0.05) is 18.9 Å². The Bertz CT molecular complexity index is 334. The minimum Gasteiger partial charge on any atom is -0.399 e. The molecule has 1 heterocycles. The van der Waals surface area contributed by atoms with Gasteiger partial charge in [0.05, 0.1) is 6.10 Å². The smallest absolute Gasteiger partial charge is 0.0793 e. The summed E-state index contributed by atoms with van der Waals surface area (Å²) in [7, 11) is 0. The molecule has 1 aliphatic heterocycles. The molecule has 3 nitrogen and oxygen atoms in total. The number of rotatable bonds is 3. The predicted octanol–water partition coefficient (Wildman–Crippen LogP) is 2.12. The Balaban J connectivity index is 1.94. The molecule has 0 radical (unpaired) electrons. The Morgan fingerprint density at radius 2 is 2.12 bits per heavy atom. The summed E-state index contributed by atoms with van der Waals surface area (Å²) >= 11 is 0. The zero-order chi connectivity index (χ0) is 11.4. The largest absolute Gasteiger partial charge is 0.399 e. The SMILES string of the molecule is Nc1cccc(C(O)CC2CCOCC2)c1. The number of aliphatic hydroxyl groups excluding tert-OH is 1. The van der Waals surface area contributed by atoms with Crippen molar-refractivity contribution in [2.75, 3.05) is 18.9 Å². The van der Waals surface area contributed by atoms with Crippen molar-refractivity contribution in [3.63, 3.8) is 0 Å². The topological polar surface area (TPSA) is 55.5 Å². The van der Waals surface area contributed by atoms with Crippen LogP contribution in [0.4, 0.5) is 5.69 Å². The van der Waals surface area contributed by atoms with E-state index in [1.54, 1.807) is 0 Å². The standard InChI is InChI=1S/C13H19NO2/c14-12-3-1-2-11(9-12)13(15)8-10-4-6-16-7-5-10/h1-3,9-10,13,15H,4-8,14H2. The van der Waals surface area contributed by atoms with Crippen LogP contribution in [0.2, 0.25) is 0 Å². The lowest BCUT2D eigenvalue weighted by Gasteiger charge is -2.24. The third kappa shape index (κ3) is 2.97. The Hall–Kier alpha value is -1.06. The van der Waals surface area contributed by atoms with Gasteiger partial charge in [0.2, 0.25) is 0 Å². The first-order chi connectivity index (χ1) is 7.75. The Kier molecular flexibility index (Phi) is 3.80. The highest BCUT2D eigenvalue weighted by molar-refractivity contribution is 5.41. The maximum Gasteiger partial charge on any atom is 0.0793 e. The van der Waals surface area contributed by atoms with Gasteiger partial charge in [-0.25, -0.2) is 0 Å². The minimum absolute atomic E-state index is 0.397. The van der Waals surface area contributed by atoms with Crippen molar-refractivity contribution in [3.05, 3.63) is 29.8 Å². The highest BCUT2D eigenvalue weighted by Crippen LogP contribution is 2.28. The summed E-state index contributed by atoms with van der Waals surface area (Å²) in [4.78, 5) is 0. The molecule has 1 unspecified atom stereocenters. The second-order valence-electron chi connectivity index (χ2n) is 4.48. The van der Waals surface area contributed by atoms with Crippen molar-refractivity contribution in [3.8, 4) is 0 Å². The van der Waals surface area contributed by atoms with E-state index in [1.165, 1.54) is 0 Å². The van der Waals surface area contributed by atoms with Crippen LogP contribution in [0.15, 0.2) is 24.3 Å². The van der Waals surface area contributed by atoms with Gasteiger partial charge < -0.3 is 15.6 Å². The van der Waals surface area contributed by atoms with Crippen molar-refractivity contribution in [1.29, 1.82) is 0 Å². The highest BCUT2D eigenvalue weighted by Gasteiger charge is 2.18. The molecule has 0 amide bonds. The van der Waals surface area contributed by atoms with Gasteiger partial charge in [0.25, 0.3) is 0 Å². The van der Waals surface area contributed by atoms with E-state index in [-0.39, 0.29) is 0 Å². The van der Waals surface area contributed by atoms with Crippen molar-refractivity contribution < 1.29 is 9.84 Å². The molecule has 0 aliphatic carbocycles. The fourth-order valence-electron chi connectivity index (χ4n) is 2.20. The van der Waals surface area contributed by atoms with E-state index < -0.39 is 6.10 Å². The van der Waals surface area contributed by atoms with Crippen LogP contribution in [0.25, 0.3) is 0 Å². The highest BCUT2D eigenvalue weighted by atomic mass is 16.5. The van der Waals surface area contributed by atoms with Gasteiger partial charge in [0.15, 0.2) is 0 Å². The molecule has 1 saturated heterocycles. The lowest BCUT2D eigenvalue weighted by Crippen LogP contribution is -2.18. The molecule has 1 aliphatic rings. The van der Waals surface area contributed by atoms with Gasteiger partial charge in [-0.2, -0.15) is 0 Å². The maximum atomic E-state index is 10.1. The van der Waals surface area contributed by atoms with Crippen molar-refractivity contribution in [2.24, 2.45) is 5.92 Å². The Morgan fingerprint density at radius 3 is 2.81 bits per heavy atom. The van der Waals surface area contributed by atoms with E-state index in [1.807, 2.05) is 24.3 Å². The first-order valence-electron chi connectivity index (χ1n) is 5.87. The number of benzene rings is 1. The van der Waals surface area contributed by atoms with Crippen molar-refractivity contribution >= 4 is 5.69 Å². The summed E-state index contributed by atoms with van der Waals surface area (Å²) in [5.74, 6) is 0.574. The fourth-order valence-corrected chi connectivity index (χ4v) is 2.20. The maximum absolute atomic E-state index is 10.1. The van der Waals surface area contributed by atoms with E-state index in [9.17, 15) is 5.11 Å². The van der Waals surface area contributed by atoms with E-state index in [2.05, 4.69) is 0 Å². The summed E-state index contributed by atoms with van der Waals surface area (Å²) in [6, 6.07) is 7.51. The number of hydrogen-bond acceptors (Lipinski definition) is 3. The Labute approximate surface area is 96.2 Å². The monoisotopic (exact) mass is 221 g/mol. The average Bonchev–Trinajstić information content (AvgIpc) is 2.30. The third-order valence-electron chi connectivity index (χ3n) is 3.19. The molecule has 0 aromatic heterocycles. The number of ether oxygens (including phenoxy) is 1. The molecule has 0 spiro atoms. The Morgan fingerprint density at radius 1 is 1.38 bits per heavy atom. The van der Waals surface area contributed by atoms with E-state index in [0.29, 0.717) is 11.6 Å². The molecule has 0 saturated carbocycles. The van der Waals surface area contributed by atoms with Gasteiger partial charge in [-0.3, -0.25) is 0 Å². The molecular formula is C13H19NO2. The molecule has 1 fully saturated rings. The number of aliphatic hydroxyl groups is 1. The van der Waals surface area contributed by atoms with Crippen LogP contribution >= 0.6 is 0 Å². The van der Waals surface area contributed by atoms with Gasteiger partial charge >= 0.3 is 0 Å². The zero-order valence-electron chi connectivity index (χ0n) is 9.43. The number of hydrogen-bond donors (Lipinski definition) is 2. The number of anilines is 1. The second-order valence-corrected chi connectivity index (χ2v) is 4.48. The summed E-state index contributed by atoms with van der Waals surface area (Å²) in [5.41, 5.74) is 7.33. The van der Waals surface area contributed by atoms with Crippen LogP contribution in [0.5, 0.6) is 0 Å². The van der Waals surface area contributed by atoms with E-state index >= 15 is 0 Å². The van der Waals surface area contributed by atoms with Crippen LogP contribution in [0.3, 0.4) is 0 Å². The van der Waals surface area contributed by atoms with Crippen molar-refractivity contribution in [2.45, 2.75) is 25.4 Å². The minimum atomic E-state index is -0.397. The molecule has 88 valence electrons. The summed E-state index contributed by atoms with van der Waals surface area (Å²) in [6.07, 6.45) is 2.53. The van der Waals surface area contributed by atoms with Gasteiger partial charge in [-0.05, 0) is 42.9 Å². The molecule has 0 bridgehead atoms. The quantitative estimate of drug-likeness (QED) is 0.769. The lowest BCUT2D eigenvalue weighted by atomic mass is 9.91. The van der Waals surface area contributed by atoms with Crippen molar-refractivity contribution in [1.82, 2.24) is 0 Å². The van der Waals surface area contributed by atoms with Crippen LogP contribution < -0.4 is 5.73 Å². The molecule has 3 N–H and O–H groups in total. The van der Waals surface area contributed by atoms with Crippen LogP contribution in [-0.2, 0) is 4.74 Å². The third-order valence-corrected chi connectivity index (χ3v) is 3.19. The normalized spacial score (nSPS) is 19.6. The fraction of sp³-hybridized carbons (Fsp3) is 0.538. The molecule has 1 aromatic rings. The lowest BCUT2D eigenvalue weighted by molar-refractivity contribution is 0.0435. The second kappa shape index (κ2) is 5.32. The number of nitrogens with two attached hydrogens (primary N) is 1. The number of nitrogen functional groups attached to an aromatic ring is 1. The van der Waals surface area contributed by atoms with Crippen LogP contribution in [-0.4, -0.2) is 18.3 Å². The molecular weight excluding hydrogens is 202 g/mol. The van der Waals surface area contributed by atoms with Gasteiger partial charge in [-0.15, -0.1) is 0 Å². The van der Waals surface area contributed by atoms with Gasteiger partial charge in [-0.1, -0.05) is 12.1 Å². The molecule has 3 heteroatoms. The molecule has 2 rings (SSSR count). The first-order valence-corrected chi connectivity index (χ1v) is 5.87. The summed E-state index contributed by atoms with van der Waals surface area (Å²) < 4.78 is 5.30. The molecule has 1 aromatic carbocycles. The van der Waals surface area contributed by atoms with E-state index in [0.717, 1.165) is 38.0 Å². The molecule has 1 atom stereocenters. The summed E-state index contributed by atoms with van der Waals surface area (Å²) in [6.45, 7) is 1.66. The van der Waals surface area contributed by atoms with Gasteiger partial charge in [0.1, 0.15) is 0 Å². The average molecular weight is 221 g/mol. The van der Waals surface area contributed by atoms with Crippen LogP contribution in [0.1, 0.15) is 30.9 Å². The van der Waals surface area contributed by atoms with Crippen LogP contribution in [0, 0.1) is 5.92 Å². The molecule has 16 heavy (non-hydrogen) atoms. The summed E-state index contributed by atoms with van der Waals surface area (Å²) in [5, 5.41) is 10.1. The first kappa shape index (κ1) is 11.4. The predicted molar refractivity (Wildman–Crippen MR) is 64.0 cm³/mol. The zero-order valence-corrected chi connectivity index (χ0v) is 9.43. The van der Waals surface area contributed by atoms with E-state index in [4.69, 9.17) is 10.5 Å².